The molecule has 1 saturated heterocycles. The lowest BCUT2D eigenvalue weighted by Crippen LogP contribution is -2.24. The molecule has 0 unspecified atom stereocenters. The average molecular weight is 734 g/mol. The number of ether oxygens (including phenoxy) is 1. The molecular weight excluding hydrogens is 700 g/mol. The van der Waals surface area contributed by atoms with Crippen LogP contribution in [0.15, 0.2) is 68.8 Å². The lowest BCUT2D eigenvalue weighted by atomic mass is 10.2. The Morgan fingerprint density at radius 2 is 1.38 bits per heavy atom. The minimum Gasteiger partial charge on any atom is -0.381 e. The Hall–Kier alpha value is -2.53. The number of hydrogen-bond acceptors (Lipinski definition) is 3. The highest BCUT2D eigenvalue weighted by molar-refractivity contribution is 9.11. The number of rotatable bonds is 0. The summed E-state index contributed by atoms with van der Waals surface area (Å²) in [5.41, 5.74) is 10.4. The zero-order chi connectivity index (χ0) is 28.8. The van der Waals surface area contributed by atoms with E-state index in [0.717, 1.165) is 43.2 Å². The van der Waals surface area contributed by atoms with E-state index in [2.05, 4.69) is 117 Å². The first-order valence-electron chi connectivity index (χ1n) is 13.0. The van der Waals surface area contributed by atoms with Crippen LogP contribution in [0.1, 0.15) is 29.5 Å². The molecular formula is C30H34Br3N6O+. The Balaban J connectivity index is 0.000000128. The van der Waals surface area contributed by atoms with Crippen LogP contribution in [0.4, 0.5) is 0 Å². The van der Waals surface area contributed by atoms with Crippen LogP contribution in [0.3, 0.4) is 0 Å². The monoisotopic (exact) mass is 731 g/mol. The molecule has 2 N–H and O–H groups in total. The fourth-order valence-electron chi connectivity index (χ4n) is 4.14. The molecule has 0 amide bonds. The van der Waals surface area contributed by atoms with Crippen LogP contribution in [-0.2, 0) is 18.8 Å². The second-order valence-electron chi connectivity index (χ2n) is 9.79. The molecule has 1 fully saturated rings. The molecule has 10 heteroatoms. The molecule has 0 saturated carbocycles. The van der Waals surface area contributed by atoms with Crippen LogP contribution >= 0.6 is 47.8 Å². The first-order chi connectivity index (χ1) is 19.1. The summed E-state index contributed by atoms with van der Waals surface area (Å²) >= 11 is 10.4. The maximum absolute atomic E-state index is 4.94. The highest BCUT2D eigenvalue weighted by atomic mass is 79.9. The largest absolute Gasteiger partial charge is 0.381 e. The van der Waals surface area contributed by atoms with Crippen molar-refractivity contribution < 1.29 is 9.30 Å². The topological polar surface area (TPSA) is 75.4 Å². The molecule has 0 spiro atoms. The number of hydrogen-bond donors (Lipinski definition) is 2. The second-order valence-corrected chi connectivity index (χ2v) is 12.4. The lowest BCUT2D eigenvalue weighted by molar-refractivity contribution is -0.644. The summed E-state index contributed by atoms with van der Waals surface area (Å²) in [5.74, 6) is 0. The van der Waals surface area contributed by atoms with Crippen LogP contribution < -0.4 is 4.57 Å². The predicted octanol–water partition coefficient (Wildman–Crippen LogP) is 8.14. The zero-order valence-electron chi connectivity index (χ0n) is 23.4. The summed E-state index contributed by atoms with van der Waals surface area (Å²) in [5, 5.41) is 0. The molecule has 7 nitrogen and oxygen atoms in total. The molecule has 1 aliphatic heterocycles. The van der Waals surface area contributed by atoms with Crippen molar-refractivity contribution in [2.75, 3.05) is 13.2 Å². The van der Waals surface area contributed by atoms with Crippen LogP contribution in [0.25, 0.3) is 33.1 Å². The van der Waals surface area contributed by atoms with Gasteiger partial charge >= 0.3 is 0 Å². The van der Waals surface area contributed by atoms with Crippen LogP contribution in [0.5, 0.6) is 0 Å². The molecule has 210 valence electrons. The van der Waals surface area contributed by atoms with Gasteiger partial charge in [-0.2, -0.15) is 0 Å². The Labute approximate surface area is 259 Å². The van der Waals surface area contributed by atoms with Gasteiger partial charge in [0, 0.05) is 39.7 Å². The van der Waals surface area contributed by atoms with E-state index in [4.69, 9.17) is 4.74 Å². The summed E-state index contributed by atoms with van der Waals surface area (Å²) in [6.45, 7) is 8.23. The minimum absolute atomic E-state index is 1.00. The van der Waals surface area contributed by atoms with Gasteiger partial charge in [-0.3, -0.25) is 0 Å². The van der Waals surface area contributed by atoms with Gasteiger partial charge in [-0.1, -0.05) is 47.8 Å². The van der Waals surface area contributed by atoms with E-state index in [0.29, 0.717) is 0 Å². The third kappa shape index (κ3) is 7.60. The molecule has 7 rings (SSSR count). The van der Waals surface area contributed by atoms with E-state index < -0.39 is 0 Å². The fraction of sp³-hybridized carbons (Fsp3) is 0.300. The molecule has 6 aromatic rings. The van der Waals surface area contributed by atoms with Gasteiger partial charge in [0.1, 0.15) is 0 Å². The van der Waals surface area contributed by atoms with Gasteiger partial charge in [0.2, 0.25) is 6.33 Å². The first-order valence-corrected chi connectivity index (χ1v) is 15.4. The smallest absolute Gasteiger partial charge is 0.242 e. The zero-order valence-corrected chi connectivity index (χ0v) is 28.1. The third-order valence-electron chi connectivity index (χ3n) is 6.60. The van der Waals surface area contributed by atoms with Crippen molar-refractivity contribution in [3.05, 3.63) is 85.5 Å². The molecule has 0 bridgehead atoms. The molecule has 0 atom stereocenters. The number of imidazole rings is 3. The molecule has 0 aliphatic carbocycles. The number of fused-ring (bicyclic) bond motifs is 3. The SMILES string of the molecule is C1CCOC1.Cc1cc2[nH]c[n+](C)c2cc1Br.Cc1cc2[nH]cnc2cc1Br.Cc1cc2c(cc1Br)ncn2C. The van der Waals surface area contributed by atoms with Gasteiger partial charge in [0.25, 0.3) is 0 Å². The lowest BCUT2D eigenvalue weighted by Gasteiger charge is -1.98. The van der Waals surface area contributed by atoms with E-state index in [-0.39, 0.29) is 0 Å². The van der Waals surface area contributed by atoms with Crippen LogP contribution in [0, 0.1) is 20.8 Å². The normalized spacial score (nSPS) is 12.5. The number of aromatic nitrogens is 6. The van der Waals surface area contributed by atoms with Crippen LogP contribution in [-0.4, -0.2) is 37.7 Å². The van der Waals surface area contributed by atoms with Crippen molar-refractivity contribution in [2.45, 2.75) is 33.6 Å². The molecule has 40 heavy (non-hydrogen) atoms. The number of H-pyrrole nitrogens is 2. The van der Waals surface area contributed by atoms with E-state index in [1.54, 1.807) is 6.33 Å². The number of nitrogens with one attached hydrogen (secondary N) is 2. The summed E-state index contributed by atoms with van der Waals surface area (Å²) in [6, 6.07) is 12.5. The van der Waals surface area contributed by atoms with Gasteiger partial charge in [0.05, 0.1) is 41.8 Å². The summed E-state index contributed by atoms with van der Waals surface area (Å²) in [7, 11) is 4.03. The van der Waals surface area contributed by atoms with Gasteiger partial charge in [-0.25, -0.2) is 19.5 Å². The van der Waals surface area contributed by atoms with Crippen molar-refractivity contribution in [1.29, 1.82) is 0 Å². The van der Waals surface area contributed by atoms with E-state index in [1.165, 1.54) is 46.1 Å². The first kappa shape index (κ1) is 30.4. The molecule has 1 aliphatic rings. The maximum atomic E-state index is 4.94. The van der Waals surface area contributed by atoms with Crippen molar-refractivity contribution in [3.63, 3.8) is 0 Å². The number of nitrogens with zero attached hydrogens (tertiary/aromatic N) is 4. The van der Waals surface area contributed by atoms with E-state index in [1.807, 2.05) is 43.4 Å². The average Bonchev–Trinajstić information content (AvgIpc) is 3.74. The minimum atomic E-state index is 1.00. The van der Waals surface area contributed by atoms with Crippen molar-refractivity contribution in [3.8, 4) is 0 Å². The Morgan fingerprint density at radius 3 is 2.02 bits per heavy atom. The summed E-state index contributed by atoms with van der Waals surface area (Å²) in [6.07, 6.45) is 8.05. The summed E-state index contributed by atoms with van der Waals surface area (Å²) < 4.78 is 12.4. The standard InChI is InChI=1S/2C9H9BrN2.C8H7BrN2.C4H8O/c1-6-3-9-8(4-7(6)10)11-5-12(9)2;1-6-3-8-9(4-7(6)10)12(2)5-11-8;1-5-2-7-8(3-6(5)9)11-4-10-7;1-2-4-5-3-1/h2*3-5H,1-2H3;2-4H,1H3,(H,10,11);1-4H2/p+1. The third-order valence-corrected chi connectivity index (χ3v) is 9.17. The number of halogens is 3. The van der Waals surface area contributed by atoms with Crippen molar-refractivity contribution in [1.82, 2.24) is 24.5 Å². The quantitative estimate of drug-likeness (QED) is 0.155. The molecule has 3 aromatic carbocycles. The Morgan fingerprint density at radius 1 is 0.775 bits per heavy atom. The fourth-order valence-corrected chi connectivity index (χ4v) is 5.14. The summed E-state index contributed by atoms with van der Waals surface area (Å²) in [4.78, 5) is 14.6. The molecule has 0 radical (unpaired) electrons. The van der Waals surface area contributed by atoms with Gasteiger partial charge in [-0.15, -0.1) is 0 Å². The Bertz CT molecular complexity index is 1610. The van der Waals surface area contributed by atoms with Gasteiger partial charge in [0.15, 0.2) is 11.0 Å². The number of aryl methyl sites for hydroxylation is 5. The van der Waals surface area contributed by atoms with Crippen molar-refractivity contribution in [2.24, 2.45) is 14.1 Å². The van der Waals surface area contributed by atoms with E-state index >= 15 is 0 Å². The van der Waals surface area contributed by atoms with E-state index in [9.17, 15) is 0 Å². The second kappa shape index (κ2) is 13.9. The number of benzene rings is 3. The van der Waals surface area contributed by atoms with Gasteiger partial charge < -0.3 is 14.3 Å². The van der Waals surface area contributed by atoms with Crippen LogP contribution in [0.2, 0.25) is 0 Å². The molecule has 4 heterocycles. The highest BCUT2D eigenvalue weighted by Crippen LogP contribution is 2.23. The predicted molar refractivity (Wildman–Crippen MR) is 174 cm³/mol. The molecule has 3 aromatic heterocycles. The van der Waals surface area contributed by atoms with Crippen molar-refractivity contribution >= 4 is 80.9 Å². The number of aromatic amines is 2. The highest BCUT2D eigenvalue weighted by Gasteiger charge is 2.08. The van der Waals surface area contributed by atoms with Gasteiger partial charge in [-0.05, 0) is 80.6 Å². The maximum Gasteiger partial charge on any atom is 0.242 e. The Kier molecular flexibility index (Phi) is 10.6.